The fourth-order valence-corrected chi connectivity index (χ4v) is 3.37. The van der Waals surface area contributed by atoms with E-state index in [4.69, 9.17) is 0 Å². The van der Waals surface area contributed by atoms with Crippen LogP contribution in [0.15, 0.2) is 12.3 Å². The summed E-state index contributed by atoms with van der Waals surface area (Å²) in [6.07, 6.45) is 3.93. The van der Waals surface area contributed by atoms with Gasteiger partial charge in [-0.3, -0.25) is 4.79 Å². The predicted octanol–water partition coefficient (Wildman–Crippen LogP) is 2.99. The molecule has 0 spiro atoms. The Morgan fingerprint density at radius 3 is 2.76 bits per heavy atom. The first-order chi connectivity index (χ1) is 11.0. The van der Waals surface area contributed by atoms with Crippen molar-refractivity contribution in [3.05, 3.63) is 23.5 Å². The molecule has 1 aliphatic rings. The van der Waals surface area contributed by atoms with E-state index in [9.17, 15) is 4.79 Å². The number of carbonyl (C=O) groups excluding carboxylic acids is 1. The molecule has 0 aliphatic carbocycles. The molecule has 2 aromatic heterocycles. The molecule has 3 heterocycles. The Labute approximate surface area is 161 Å². The molecule has 0 bridgehead atoms. The van der Waals surface area contributed by atoms with Gasteiger partial charge in [0.05, 0.1) is 17.5 Å². The normalized spacial score (nSPS) is 16.8. The minimum absolute atomic E-state index is 0. The number of hydrogen-bond acceptors (Lipinski definition) is 4. The summed E-state index contributed by atoms with van der Waals surface area (Å²) >= 11 is 0. The van der Waals surface area contributed by atoms with Gasteiger partial charge >= 0.3 is 0 Å². The Morgan fingerprint density at radius 2 is 2.12 bits per heavy atom. The average molecular weight is 388 g/mol. The maximum atomic E-state index is 13.0. The summed E-state index contributed by atoms with van der Waals surface area (Å²) in [4.78, 5) is 19.6. The Morgan fingerprint density at radius 1 is 1.40 bits per heavy atom. The summed E-state index contributed by atoms with van der Waals surface area (Å²) < 4.78 is 1.90. The third-order valence-corrected chi connectivity index (χ3v) is 4.56. The summed E-state index contributed by atoms with van der Waals surface area (Å²) in [5, 5.41) is 8.51. The van der Waals surface area contributed by atoms with Crippen LogP contribution in [-0.2, 0) is 0 Å². The average Bonchev–Trinajstić information content (AvgIpc) is 3.12. The van der Waals surface area contributed by atoms with Gasteiger partial charge in [-0.1, -0.05) is 0 Å². The van der Waals surface area contributed by atoms with Gasteiger partial charge in [0.25, 0.3) is 5.91 Å². The maximum absolute atomic E-state index is 13.0. The lowest BCUT2D eigenvalue weighted by Gasteiger charge is -2.25. The smallest absolute Gasteiger partial charge is 0.256 e. The SMILES string of the molecule is CNCC1CCCN1C(=O)c1cc2cnn(C(C)C)c2nc1C.Cl.Cl. The van der Waals surface area contributed by atoms with Crippen LogP contribution in [0.2, 0.25) is 0 Å². The van der Waals surface area contributed by atoms with Gasteiger partial charge in [-0.15, -0.1) is 24.8 Å². The van der Waals surface area contributed by atoms with Gasteiger partial charge in [-0.25, -0.2) is 9.67 Å². The van der Waals surface area contributed by atoms with E-state index >= 15 is 0 Å². The first kappa shape index (κ1) is 21.7. The zero-order chi connectivity index (χ0) is 16.6. The fourth-order valence-electron chi connectivity index (χ4n) is 3.37. The van der Waals surface area contributed by atoms with Crippen molar-refractivity contribution in [2.45, 2.75) is 45.7 Å². The van der Waals surface area contributed by atoms with Crippen LogP contribution in [0.3, 0.4) is 0 Å². The first-order valence-electron chi connectivity index (χ1n) is 8.33. The number of amides is 1. The summed E-state index contributed by atoms with van der Waals surface area (Å²) in [6, 6.07) is 2.47. The van der Waals surface area contributed by atoms with Crippen molar-refractivity contribution >= 4 is 41.8 Å². The molecule has 1 saturated heterocycles. The molecular weight excluding hydrogens is 361 g/mol. The standard InChI is InChI=1S/C17H25N5O.2ClH/c1-11(2)22-16-13(9-19-22)8-15(12(3)20-16)17(23)21-7-5-6-14(21)10-18-4;;/h8-9,11,14,18H,5-7,10H2,1-4H3;2*1H. The topological polar surface area (TPSA) is 63.1 Å². The van der Waals surface area contributed by atoms with Crippen LogP contribution >= 0.6 is 24.8 Å². The number of pyridine rings is 1. The molecule has 1 N–H and O–H groups in total. The van der Waals surface area contributed by atoms with Crippen molar-refractivity contribution < 1.29 is 4.79 Å². The molecule has 6 nitrogen and oxygen atoms in total. The van der Waals surface area contributed by atoms with Gasteiger partial charge < -0.3 is 10.2 Å². The van der Waals surface area contributed by atoms with E-state index in [0.29, 0.717) is 5.56 Å². The number of aryl methyl sites for hydroxylation is 1. The van der Waals surface area contributed by atoms with E-state index in [1.807, 2.05) is 29.6 Å². The lowest BCUT2D eigenvalue weighted by atomic mass is 10.1. The van der Waals surface area contributed by atoms with Crippen molar-refractivity contribution in [2.75, 3.05) is 20.1 Å². The number of carbonyl (C=O) groups is 1. The number of nitrogens with one attached hydrogen (secondary N) is 1. The second-order valence-electron chi connectivity index (χ2n) is 6.57. The van der Waals surface area contributed by atoms with Crippen LogP contribution in [0.4, 0.5) is 0 Å². The molecule has 140 valence electrons. The highest BCUT2D eigenvalue weighted by Gasteiger charge is 2.30. The molecule has 25 heavy (non-hydrogen) atoms. The molecule has 0 saturated carbocycles. The summed E-state index contributed by atoms with van der Waals surface area (Å²) in [6.45, 7) is 7.73. The summed E-state index contributed by atoms with van der Waals surface area (Å²) in [7, 11) is 1.93. The third-order valence-electron chi connectivity index (χ3n) is 4.56. The Kier molecular flexibility index (Phi) is 7.65. The third kappa shape index (κ3) is 4.07. The molecule has 1 amide bonds. The Hall–Kier alpha value is -1.37. The minimum Gasteiger partial charge on any atom is -0.334 e. The van der Waals surface area contributed by atoms with Crippen LogP contribution in [0.1, 0.15) is 48.8 Å². The first-order valence-corrected chi connectivity index (χ1v) is 8.33. The van der Waals surface area contributed by atoms with E-state index in [-0.39, 0.29) is 42.8 Å². The van der Waals surface area contributed by atoms with Gasteiger partial charge in [-0.2, -0.15) is 5.10 Å². The fraction of sp³-hybridized carbons (Fsp3) is 0.588. The van der Waals surface area contributed by atoms with Crippen molar-refractivity contribution in [3.8, 4) is 0 Å². The van der Waals surface area contributed by atoms with Gasteiger partial charge in [0.2, 0.25) is 0 Å². The Bertz CT molecular complexity index is 731. The van der Waals surface area contributed by atoms with Crippen LogP contribution in [0.25, 0.3) is 11.0 Å². The highest BCUT2D eigenvalue weighted by Crippen LogP contribution is 2.24. The van der Waals surface area contributed by atoms with Gasteiger partial charge in [0, 0.05) is 30.6 Å². The molecule has 1 fully saturated rings. The quantitative estimate of drug-likeness (QED) is 0.875. The number of fused-ring (bicyclic) bond motifs is 1. The maximum Gasteiger partial charge on any atom is 0.256 e. The molecule has 1 aliphatic heterocycles. The van der Waals surface area contributed by atoms with Crippen LogP contribution in [0, 0.1) is 6.92 Å². The van der Waals surface area contributed by atoms with E-state index in [2.05, 4.69) is 29.2 Å². The molecule has 8 heteroatoms. The minimum atomic E-state index is 0. The molecule has 2 aromatic rings. The summed E-state index contributed by atoms with van der Waals surface area (Å²) in [5.74, 6) is 0.0898. The molecule has 0 aromatic carbocycles. The summed E-state index contributed by atoms with van der Waals surface area (Å²) in [5.41, 5.74) is 2.33. The largest absolute Gasteiger partial charge is 0.334 e. The van der Waals surface area contributed by atoms with Crippen molar-refractivity contribution in [2.24, 2.45) is 0 Å². The van der Waals surface area contributed by atoms with Crippen molar-refractivity contribution in [1.29, 1.82) is 0 Å². The number of nitrogens with zero attached hydrogens (tertiary/aromatic N) is 4. The lowest BCUT2D eigenvalue weighted by molar-refractivity contribution is 0.0736. The van der Waals surface area contributed by atoms with E-state index in [1.54, 1.807) is 6.20 Å². The van der Waals surface area contributed by atoms with E-state index in [1.165, 1.54) is 0 Å². The molecule has 3 rings (SSSR count). The molecule has 1 unspecified atom stereocenters. The second kappa shape index (κ2) is 8.83. The van der Waals surface area contributed by atoms with Crippen LogP contribution in [-0.4, -0.2) is 51.8 Å². The zero-order valence-electron chi connectivity index (χ0n) is 15.2. The lowest BCUT2D eigenvalue weighted by Crippen LogP contribution is -2.41. The van der Waals surface area contributed by atoms with Gasteiger partial charge in [-0.05, 0) is 46.7 Å². The number of aromatic nitrogens is 3. The molecular formula is C17H27Cl2N5O. The highest BCUT2D eigenvalue weighted by atomic mass is 35.5. The number of likely N-dealkylation sites (N-methyl/N-ethyl adjacent to an activating group) is 1. The van der Waals surface area contributed by atoms with Crippen LogP contribution in [0.5, 0.6) is 0 Å². The number of halogens is 2. The molecule has 0 radical (unpaired) electrons. The van der Waals surface area contributed by atoms with Crippen LogP contribution < -0.4 is 5.32 Å². The van der Waals surface area contributed by atoms with Gasteiger partial charge in [0.1, 0.15) is 0 Å². The van der Waals surface area contributed by atoms with Crippen molar-refractivity contribution in [1.82, 2.24) is 25.0 Å². The second-order valence-corrected chi connectivity index (χ2v) is 6.57. The number of rotatable bonds is 4. The number of likely N-dealkylation sites (tertiary alicyclic amines) is 1. The predicted molar refractivity (Wildman–Crippen MR) is 105 cm³/mol. The monoisotopic (exact) mass is 387 g/mol. The zero-order valence-corrected chi connectivity index (χ0v) is 16.8. The number of hydrogen-bond donors (Lipinski definition) is 1. The Balaban J connectivity index is 0.00000156. The molecule has 1 atom stereocenters. The highest BCUT2D eigenvalue weighted by molar-refractivity contribution is 5.98. The van der Waals surface area contributed by atoms with Gasteiger partial charge in [0.15, 0.2) is 5.65 Å². The van der Waals surface area contributed by atoms with E-state index < -0.39 is 0 Å². The van der Waals surface area contributed by atoms with E-state index in [0.717, 1.165) is 42.7 Å². The van der Waals surface area contributed by atoms with Crippen molar-refractivity contribution in [3.63, 3.8) is 0 Å².